The monoisotopic (exact) mass is 287 g/mol. The van der Waals surface area contributed by atoms with E-state index >= 15 is 0 Å². The van der Waals surface area contributed by atoms with E-state index in [0.717, 1.165) is 55.7 Å². The van der Waals surface area contributed by atoms with Crippen LogP contribution in [0.3, 0.4) is 0 Å². The van der Waals surface area contributed by atoms with Crippen LogP contribution in [0.5, 0.6) is 0 Å². The molecule has 0 amide bonds. The van der Waals surface area contributed by atoms with Crippen molar-refractivity contribution in [3.8, 4) is 0 Å². The van der Waals surface area contributed by atoms with Gasteiger partial charge in [0.2, 0.25) is 0 Å². The number of ether oxygens (including phenoxy) is 1. The molecule has 2 aromatic rings. The first-order valence-corrected chi connectivity index (χ1v) is 7.45. The summed E-state index contributed by atoms with van der Waals surface area (Å²) in [5, 5.41) is 3.33. The first-order valence-electron chi connectivity index (χ1n) is 7.45. The van der Waals surface area contributed by atoms with Crippen LogP contribution in [0.25, 0.3) is 0 Å². The van der Waals surface area contributed by atoms with E-state index in [1.807, 2.05) is 24.4 Å². The zero-order valence-electron chi connectivity index (χ0n) is 12.3. The number of anilines is 2. The van der Waals surface area contributed by atoms with Gasteiger partial charge in [-0.2, -0.15) is 0 Å². The van der Waals surface area contributed by atoms with Crippen LogP contribution in [-0.4, -0.2) is 31.3 Å². The number of hydrogen-bond donors (Lipinski definition) is 1. The third kappa shape index (κ3) is 3.55. The van der Waals surface area contributed by atoms with Gasteiger partial charge in [-0.15, -0.1) is 0 Å². The smallest absolute Gasteiger partial charge is 0.128 e. The molecule has 0 bridgehead atoms. The van der Waals surface area contributed by atoms with Gasteiger partial charge < -0.3 is 19.4 Å². The molecule has 1 saturated heterocycles. The van der Waals surface area contributed by atoms with Crippen LogP contribution >= 0.6 is 0 Å². The number of furan rings is 1. The Labute approximate surface area is 124 Å². The minimum Gasteiger partial charge on any atom is -0.464 e. The van der Waals surface area contributed by atoms with E-state index in [1.54, 1.807) is 0 Å². The van der Waals surface area contributed by atoms with E-state index in [2.05, 4.69) is 28.2 Å². The van der Waals surface area contributed by atoms with Crippen LogP contribution < -0.4 is 10.2 Å². The van der Waals surface area contributed by atoms with Gasteiger partial charge in [0.05, 0.1) is 31.6 Å². The molecule has 21 heavy (non-hydrogen) atoms. The maximum atomic E-state index is 5.67. The lowest BCUT2D eigenvalue weighted by atomic mass is 10.3. The van der Waals surface area contributed by atoms with Crippen LogP contribution in [0.1, 0.15) is 18.4 Å². The van der Waals surface area contributed by atoms with Gasteiger partial charge in [-0.05, 0) is 24.3 Å². The average Bonchev–Trinajstić information content (AvgIpc) is 3.02. The topological polar surface area (TPSA) is 50.5 Å². The molecule has 3 rings (SSSR count). The molecule has 5 heteroatoms. The van der Waals surface area contributed by atoms with Crippen molar-refractivity contribution in [2.45, 2.75) is 19.9 Å². The summed E-state index contributed by atoms with van der Waals surface area (Å²) in [6, 6.07) is 8.15. The summed E-state index contributed by atoms with van der Waals surface area (Å²) in [5.74, 6) is 2.98. The molecule has 1 fully saturated rings. The van der Waals surface area contributed by atoms with Crippen LogP contribution in [0.2, 0.25) is 0 Å². The van der Waals surface area contributed by atoms with Gasteiger partial charge in [-0.3, -0.25) is 0 Å². The average molecular weight is 287 g/mol. The van der Waals surface area contributed by atoms with Crippen LogP contribution in [0.15, 0.2) is 34.9 Å². The number of hydrogen-bond acceptors (Lipinski definition) is 5. The van der Waals surface area contributed by atoms with Gasteiger partial charge in [-0.25, -0.2) is 4.98 Å². The van der Waals surface area contributed by atoms with E-state index in [0.29, 0.717) is 6.54 Å². The second-order valence-corrected chi connectivity index (χ2v) is 5.08. The minimum absolute atomic E-state index is 0.679. The zero-order chi connectivity index (χ0) is 14.5. The molecule has 1 N–H and O–H groups in total. The summed E-state index contributed by atoms with van der Waals surface area (Å²) in [6.07, 6.45) is 2.80. The molecule has 112 valence electrons. The molecule has 1 aliphatic heterocycles. The summed E-state index contributed by atoms with van der Waals surface area (Å²) >= 11 is 0. The maximum Gasteiger partial charge on any atom is 0.128 e. The van der Waals surface area contributed by atoms with Gasteiger partial charge in [0, 0.05) is 19.5 Å². The Morgan fingerprint density at radius 2 is 1.95 bits per heavy atom. The third-order valence-corrected chi connectivity index (χ3v) is 3.62. The van der Waals surface area contributed by atoms with Crippen molar-refractivity contribution in [3.63, 3.8) is 0 Å². The second kappa shape index (κ2) is 6.63. The first-order chi connectivity index (χ1) is 10.3. The molecule has 1 aliphatic rings. The molecule has 0 aromatic carbocycles. The standard InChI is InChI=1S/C16H21N3O2/c1-2-14-4-5-15(21-14)12-17-13-3-6-16(18-11-13)19-7-9-20-10-8-19/h3-6,11,17H,2,7-10,12H2,1H3. The lowest BCUT2D eigenvalue weighted by Crippen LogP contribution is -2.36. The van der Waals surface area contributed by atoms with Gasteiger partial charge in [-0.1, -0.05) is 6.92 Å². The molecular weight excluding hydrogens is 266 g/mol. The molecule has 0 radical (unpaired) electrons. The number of aromatic nitrogens is 1. The first kappa shape index (κ1) is 13.9. The van der Waals surface area contributed by atoms with Crippen LogP contribution in [-0.2, 0) is 17.7 Å². The number of aryl methyl sites for hydroxylation is 1. The molecule has 3 heterocycles. The molecule has 0 unspecified atom stereocenters. The molecule has 0 aliphatic carbocycles. The Morgan fingerprint density at radius 3 is 2.62 bits per heavy atom. The van der Waals surface area contributed by atoms with Crippen molar-refractivity contribution < 1.29 is 9.15 Å². The molecule has 5 nitrogen and oxygen atoms in total. The van der Waals surface area contributed by atoms with Crippen molar-refractivity contribution in [2.24, 2.45) is 0 Å². The summed E-state index contributed by atoms with van der Waals surface area (Å²) in [7, 11) is 0. The van der Waals surface area contributed by atoms with Gasteiger partial charge in [0.25, 0.3) is 0 Å². The Morgan fingerprint density at radius 1 is 1.14 bits per heavy atom. The SMILES string of the molecule is CCc1ccc(CNc2ccc(N3CCOCC3)nc2)o1. The summed E-state index contributed by atoms with van der Waals surface area (Å²) in [4.78, 5) is 6.76. The van der Waals surface area contributed by atoms with Crippen molar-refractivity contribution in [3.05, 3.63) is 42.0 Å². The molecule has 0 atom stereocenters. The quantitative estimate of drug-likeness (QED) is 0.916. The number of pyridine rings is 1. The fourth-order valence-electron chi connectivity index (χ4n) is 2.37. The lowest BCUT2D eigenvalue weighted by molar-refractivity contribution is 0.122. The number of nitrogens with one attached hydrogen (secondary N) is 1. The van der Waals surface area contributed by atoms with E-state index in [1.165, 1.54) is 0 Å². The molecule has 0 spiro atoms. The van der Waals surface area contributed by atoms with Gasteiger partial charge in [0.15, 0.2) is 0 Å². The van der Waals surface area contributed by atoms with E-state index in [-0.39, 0.29) is 0 Å². The number of morpholine rings is 1. The summed E-state index contributed by atoms with van der Waals surface area (Å²) in [6.45, 7) is 6.14. The Bertz CT molecular complexity index is 559. The highest BCUT2D eigenvalue weighted by Gasteiger charge is 2.11. The van der Waals surface area contributed by atoms with Gasteiger partial charge >= 0.3 is 0 Å². The summed E-state index contributed by atoms with van der Waals surface area (Å²) < 4.78 is 11.0. The van der Waals surface area contributed by atoms with Crippen molar-refractivity contribution >= 4 is 11.5 Å². The second-order valence-electron chi connectivity index (χ2n) is 5.08. The maximum absolute atomic E-state index is 5.67. The van der Waals surface area contributed by atoms with Crippen molar-refractivity contribution in [1.82, 2.24) is 4.98 Å². The van der Waals surface area contributed by atoms with Crippen LogP contribution in [0.4, 0.5) is 11.5 Å². The highest BCUT2D eigenvalue weighted by atomic mass is 16.5. The highest BCUT2D eigenvalue weighted by Crippen LogP contribution is 2.16. The fraction of sp³-hybridized carbons (Fsp3) is 0.438. The van der Waals surface area contributed by atoms with E-state index < -0.39 is 0 Å². The third-order valence-electron chi connectivity index (χ3n) is 3.62. The minimum atomic E-state index is 0.679. The van der Waals surface area contributed by atoms with Crippen LogP contribution in [0, 0.1) is 0 Å². The Balaban J connectivity index is 1.56. The Kier molecular flexibility index (Phi) is 4.40. The highest BCUT2D eigenvalue weighted by molar-refractivity contribution is 5.48. The summed E-state index contributed by atoms with van der Waals surface area (Å²) in [5.41, 5.74) is 1.00. The van der Waals surface area contributed by atoms with E-state index in [9.17, 15) is 0 Å². The van der Waals surface area contributed by atoms with Crippen molar-refractivity contribution in [2.75, 3.05) is 36.5 Å². The fourth-order valence-corrected chi connectivity index (χ4v) is 2.37. The normalized spacial score (nSPS) is 15.2. The Hall–Kier alpha value is -2.01. The predicted octanol–water partition coefficient (Wildman–Crippen LogP) is 2.69. The molecule has 2 aromatic heterocycles. The number of rotatable bonds is 5. The molecular formula is C16H21N3O2. The van der Waals surface area contributed by atoms with Crippen molar-refractivity contribution in [1.29, 1.82) is 0 Å². The van der Waals surface area contributed by atoms with E-state index in [4.69, 9.17) is 9.15 Å². The number of nitrogens with zero attached hydrogens (tertiary/aromatic N) is 2. The largest absolute Gasteiger partial charge is 0.464 e. The zero-order valence-corrected chi connectivity index (χ0v) is 12.3. The molecule has 0 saturated carbocycles. The predicted molar refractivity (Wildman–Crippen MR) is 82.7 cm³/mol. The lowest BCUT2D eigenvalue weighted by Gasteiger charge is -2.27. The van der Waals surface area contributed by atoms with Gasteiger partial charge in [0.1, 0.15) is 17.3 Å².